The lowest BCUT2D eigenvalue weighted by Gasteiger charge is -2.11. The van der Waals surface area contributed by atoms with Gasteiger partial charge in [-0.1, -0.05) is 12.1 Å². The highest BCUT2D eigenvalue weighted by molar-refractivity contribution is 5.83. The van der Waals surface area contributed by atoms with E-state index in [4.69, 9.17) is 9.47 Å². The van der Waals surface area contributed by atoms with E-state index >= 15 is 0 Å². The van der Waals surface area contributed by atoms with Gasteiger partial charge in [-0.05, 0) is 55.8 Å². The number of ether oxygens (including phenoxy) is 2. The van der Waals surface area contributed by atoms with Gasteiger partial charge in [0.2, 0.25) is 0 Å². The zero-order valence-electron chi connectivity index (χ0n) is 15.5. The van der Waals surface area contributed by atoms with Gasteiger partial charge in [-0.25, -0.2) is 0 Å². The minimum atomic E-state index is -0.541. The van der Waals surface area contributed by atoms with Crippen LogP contribution >= 0.6 is 0 Å². The number of aromatic amines is 1. The van der Waals surface area contributed by atoms with Crippen LogP contribution in [0.1, 0.15) is 19.4 Å². The summed E-state index contributed by atoms with van der Waals surface area (Å²) < 4.78 is 11.0. The van der Waals surface area contributed by atoms with Crippen LogP contribution in [0.2, 0.25) is 0 Å². The molecule has 0 unspecified atom stereocenters. The van der Waals surface area contributed by atoms with E-state index in [1.54, 1.807) is 25.1 Å². The summed E-state index contributed by atoms with van der Waals surface area (Å²) in [5, 5.41) is 13.4. The summed E-state index contributed by atoms with van der Waals surface area (Å²) in [5.74, 6) is 1.45. The number of aliphatic hydroxyl groups is 1. The Morgan fingerprint density at radius 1 is 1.11 bits per heavy atom. The molecule has 0 saturated heterocycles. The minimum absolute atomic E-state index is 0.180. The summed E-state index contributed by atoms with van der Waals surface area (Å²) in [5.41, 5.74) is 2.06. The Bertz CT molecular complexity index is 966. The summed E-state index contributed by atoms with van der Waals surface area (Å²) in [7, 11) is 0. The predicted molar refractivity (Wildman–Crippen MR) is 107 cm³/mol. The smallest absolute Gasteiger partial charge is 0.271 e. The second-order valence-electron chi connectivity index (χ2n) is 6.36. The molecule has 0 aliphatic heterocycles. The van der Waals surface area contributed by atoms with E-state index in [-0.39, 0.29) is 12.2 Å². The molecule has 6 nitrogen and oxygen atoms in total. The van der Waals surface area contributed by atoms with E-state index in [1.807, 2.05) is 37.3 Å². The Labute approximate surface area is 157 Å². The number of hydrogen-bond acceptors (Lipinski definition) is 5. The highest BCUT2D eigenvalue weighted by Gasteiger charge is 2.06. The number of aliphatic hydroxyl groups excluding tert-OH is 1. The van der Waals surface area contributed by atoms with Crippen molar-refractivity contribution in [2.45, 2.75) is 26.5 Å². The number of anilines is 1. The normalized spacial score (nSPS) is 12.0. The lowest BCUT2D eigenvalue weighted by Crippen LogP contribution is -2.14. The zero-order valence-corrected chi connectivity index (χ0v) is 15.5. The van der Waals surface area contributed by atoms with Crippen LogP contribution in [0.25, 0.3) is 10.9 Å². The highest BCUT2D eigenvalue weighted by atomic mass is 16.5. The fourth-order valence-electron chi connectivity index (χ4n) is 2.73. The van der Waals surface area contributed by atoms with Gasteiger partial charge in [-0.15, -0.1) is 0 Å². The number of H-pyrrole nitrogens is 1. The molecule has 0 radical (unpaired) electrons. The molecule has 1 atom stereocenters. The first-order chi connectivity index (χ1) is 13.0. The van der Waals surface area contributed by atoms with Crippen LogP contribution in [-0.2, 0) is 6.54 Å². The molecule has 2 aromatic carbocycles. The molecule has 0 amide bonds. The van der Waals surface area contributed by atoms with Gasteiger partial charge in [-0.2, -0.15) is 0 Å². The van der Waals surface area contributed by atoms with E-state index in [1.165, 1.54) is 0 Å². The van der Waals surface area contributed by atoms with Gasteiger partial charge in [0, 0.05) is 17.4 Å². The van der Waals surface area contributed by atoms with Crippen LogP contribution in [0.15, 0.2) is 53.3 Å². The van der Waals surface area contributed by atoms with Crippen molar-refractivity contribution in [3.8, 4) is 11.5 Å². The third-order valence-corrected chi connectivity index (χ3v) is 4.00. The second kappa shape index (κ2) is 8.60. The monoisotopic (exact) mass is 368 g/mol. The zero-order chi connectivity index (χ0) is 19.2. The molecule has 142 valence electrons. The quantitative estimate of drug-likeness (QED) is 0.568. The summed E-state index contributed by atoms with van der Waals surface area (Å²) >= 11 is 0. The van der Waals surface area contributed by atoms with Gasteiger partial charge >= 0.3 is 0 Å². The fraction of sp³-hybridized carbons (Fsp3) is 0.286. The van der Waals surface area contributed by atoms with Crippen LogP contribution in [0.3, 0.4) is 0 Å². The number of aromatic nitrogens is 1. The van der Waals surface area contributed by atoms with Crippen LogP contribution in [0, 0.1) is 0 Å². The number of fused-ring (bicyclic) bond motifs is 1. The van der Waals surface area contributed by atoms with Gasteiger partial charge in [0.25, 0.3) is 5.56 Å². The van der Waals surface area contributed by atoms with Crippen LogP contribution in [0.4, 0.5) is 5.69 Å². The third-order valence-electron chi connectivity index (χ3n) is 4.00. The molecule has 0 bridgehead atoms. The second-order valence-corrected chi connectivity index (χ2v) is 6.36. The minimum Gasteiger partial charge on any atom is -0.494 e. The SMILES string of the molecule is CCOc1cccc(CNc2cc3cc(OC[C@H](C)O)ccc3[nH]c2=O)c1. The average Bonchev–Trinajstić information content (AvgIpc) is 2.65. The summed E-state index contributed by atoms with van der Waals surface area (Å²) in [4.78, 5) is 15.2. The van der Waals surface area contributed by atoms with Crippen LogP contribution < -0.4 is 20.3 Å². The Kier molecular flexibility index (Phi) is 5.98. The maximum absolute atomic E-state index is 12.3. The first-order valence-electron chi connectivity index (χ1n) is 8.98. The van der Waals surface area contributed by atoms with Gasteiger partial charge in [0.1, 0.15) is 23.8 Å². The lowest BCUT2D eigenvalue weighted by atomic mass is 10.2. The Morgan fingerprint density at radius 3 is 2.70 bits per heavy atom. The van der Waals surface area contributed by atoms with Crippen molar-refractivity contribution in [1.82, 2.24) is 4.98 Å². The van der Waals surface area contributed by atoms with Crippen molar-refractivity contribution in [3.63, 3.8) is 0 Å². The van der Waals surface area contributed by atoms with Crippen molar-refractivity contribution in [2.24, 2.45) is 0 Å². The van der Waals surface area contributed by atoms with Crippen molar-refractivity contribution in [1.29, 1.82) is 0 Å². The van der Waals surface area contributed by atoms with Gasteiger partial charge in [0.15, 0.2) is 0 Å². The van der Waals surface area contributed by atoms with Crippen molar-refractivity contribution < 1.29 is 14.6 Å². The van der Waals surface area contributed by atoms with Crippen molar-refractivity contribution in [3.05, 3.63) is 64.4 Å². The molecule has 0 saturated carbocycles. The number of hydrogen-bond donors (Lipinski definition) is 3. The van der Waals surface area contributed by atoms with E-state index in [0.29, 0.717) is 24.6 Å². The highest BCUT2D eigenvalue weighted by Crippen LogP contribution is 2.21. The molecular weight excluding hydrogens is 344 g/mol. The molecule has 0 aliphatic rings. The lowest BCUT2D eigenvalue weighted by molar-refractivity contribution is 0.123. The molecule has 1 heterocycles. The van der Waals surface area contributed by atoms with E-state index in [2.05, 4.69) is 10.3 Å². The molecule has 6 heteroatoms. The molecule has 3 N–H and O–H groups in total. The number of benzene rings is 2. The van der Waals surface area contributed by atoms with E-state index < -0.39 is 6.10 Å². The molecule has 0 fully saturated rings. The first kappa shape index (κ1) is 18.8. The first-order valence-corrected chi connectivity index (χ1v) is 8.98. The largest absolute Gasteiger partial charge is 0.494 e. The maximum atomic E-state index is 12.3. The molecular formula is C21H24N2O4. The standard InChI is InChI=1S/C21H24N2O4/c1-3-26-17-6-4-5-15(9-17)12-22-20-11-16-10-18(27-13-14(2)24)7-8-19(16)23-21(20)25/h4-11,14,22,24H,3,12-13H2,1-2H3,(H,23,25)/t14-/m0/s1. The Morgan fingerprint density at radius 2 is 1.93 bits per heavy atom. The molecule has 1 aromatic heterocycles. The molecule has 3 rings (SSSR count). The molecule has 27 heavy (non-hydrogen) atoms. The average molecular weight is 368 g/mol. The number of nitrogens with one attached hydrogen (secondary N) is 2. The predicted octanol–water partition coefficient (Wildman–Crippen LogP) is 3.30. The topological polar surface area (TPSA) is 83.6 Å². The summed E-state index contributed by atoms with van der Waals surface area (Å²) in [6, 6.07) is 15.0. The maximum Gasteiger partial charge on any atom is 0.271 e. The van der Waals surface area contributed by atoms with Gasteiger partial charge in [-0.3, -0.25) is 4.79 Å². The third kappa shape index (κ3) is 5.01. The van der Waals surface area contributed by atoms with E-state index in [0.717, 1.165) is 22.2 Å². The Balaban J connectivity index is 1.78. The fourth-order valence-corrected chi connectivity index (χ4v) is 2.73. The number of pyridine rings is 1. The summed E-state index contributed by atoms with van der Waals surface area (Å²) in [6.45, 7) is 4.95. The van der Waals surface area contributed by atoms with Crippen molar-refractivity contribution in [2.75, 3.05) is 18.5 Å². The van der Waals surface area contributed by atoms with E-state index in [9.17, 15) is 9.90 Å². The molecule has 0 spiro atoms. The molecule has 3 aromatic rings. The molecule has 0 aliphatic carbocycles. The van der Waals surface area contributed by atoms with Crippen molar-refractivity contribution >= 4 is 16.6 Å². The number of rotatable bonds is 8. The van der Waals surface area contributed by atoms with Crippen LogP contribution in [0.5, 0.6) is 11.5 Å². The summed E-state index contributed by atoms with van der Waals surface area (Å²) in [6.07, 6.45) is -0.541. The van der Waals surface area contributed by atoms with Gasteiger partial charge in [0.05, 0.1) is 12.7 Å². The Hall–Kier alpha value is -2.99. The van der Waals surface area contributed by atoms with Gasteiger partial charge < -0.3 is 24.9 Å². The van der Waals surface area contributed by atoms with Crippen LogP contribution in [-0.4, -0.2) is 29.4 Å².